The number of rotatable bonds is 5. The van der Waals surface area contributed by atoms with Crippen LogP contribution in [-0.4, -0.2) is 38.0 Å². The van der Waals surface area contributed by atoms with E-state index >= 15 is 0 Å². The van der Waals surface area contributed by atoms with Crippen LogP contribution in [0.5, 0.6) is 0 Å². The maximum Gasteiger partial charge on any atom is 0.237 e. The van der Waals surface area contributed by atoms with Gasteiger partial charge in [-0.1, -0.05) is 11.3 Å². The van der Waals surface area contributed by atoms with Crippen LogP contribution in [0.1, 0.15) is 51.5 Å². The van der Waals surface area contributed by atoms with Crippen LogP contribution in [0.3, 0.4) is 0 Å². The van der Waals surface area contributed by atoms with Crippen LogP contribution in [0.2, 0.25) is 0 Å². The lowest BCUT2D eigenvalue weighted by molar-refractivity contribution is 0.570. The van der Waals surface area contributed by atoms with Gasteiger partial charge in [0.25, 0.3) is 0 Å². The first kappa shape index (κ1) is 15.7. The van der Waals surface area contributed by atoms with Crippen LogP contribution in [0.15, 0.2) is 4.40 Å². The molecule has 1 aliphatic heterocycles. The van der Waals surface area contributed by atoms with Crippen LogP contribution < -0.4 is 4.90 Å². The van der Waals surface area contributed by atoms with Crippen molar-refractivity contribution in [2.24, 2.45) is 4.40 Å². The van der Waals surface area contributed by atoms with E-state index in [-0.39, 0.29) is 5.25 Å². The van der Waals surface area contributed by atoms with Crippen molar-refractivity contribution >= 4 is 34.6 Å². The fraction of sp³-hybridized carbons (Fsp3) is 0.769. The molecule has 2 heterocycles. The first-order chi connectivity index (χ1) is 9.61. The molecule has 112 valence electrons. The van der Waals surface area contributed by atoms with E-state index in [1.807, 2.05) is 20.8 Å². The van der Waals surface area contributed by atoms with Crippen LogP contribution in [0, 0.1) is 0 Å². The highest BCUT2D eigenvalue weighted by molar-refractivity contribution is 7.90. The van der Waals surface area contributed by atoms with Gasteiger partial charge in [-0.25, -0.2) is 0 Å². The molecular weight excluding hydrogens is 292 g/mol. The van der Waals surface area contributed by atoms with Crippen molar-refractivity contribution in [3.05, 3.63) is 5.01 Å². The summed E-state index contributed by atoms with van der Waals surface area (Å²) in [5.41, 5.74) is 0.726. The number of anilines is 1. The maximum absolute atomic E-state index is 11.9. The zero-order valence-corrected chi connectivity index (χ0v) is 14.0. The second-order valence-corrected chi connectivity index (χ2v) is 7.41. The Bertz CT molecular complexity index is 457. The molecule has 2 unspecified atom stereocenters. The molecule has 5 nitrogen and oxygen atoms in total. The Labute approximate surface area is 128 Å². The van der Waals surface area contributed by atoms with E-state index in [0.717, 1.165) is 36.2 Å². The summed E-state index contributed by atoms with van der Waals surface area (Å²) in [6.07, 6.45) is 4.57. The van der Waals surface area contributed by atoms with Gasteiger partial charge in [-0.2, -0.15) is 9.36 Å². The minimum atomic E-state index is -1.18. The largest absolute Gasteiger partial charge is 0.591 e. The Morgan fingerprint density at radius 1 is 1.45 bits per heavy atom. The lowest BCUT2D eigenvalue weighted by atomic mass is 10.1. The molecule has 0 aliphatic carbocycles. The molecule has 7 heteroatoms. The summed E-state index contributed by atoms with van der Waals surface area (Å²) in [5.74, 6) is 0.800. The highest BCUT2D eigenvalue weighted by Crippen LogP contribution is 2.19. The van der Waals surface area contributed by atoms with Crippen LogP contribution in [0.4, 0.5) is 5.95 Å². The molecule has 0 bridgehead atoms. The third kappa shape index (κ3) is 3.93. The molecule has 20 heavy (non-hydrogen) atoms. The van der Waals surface area contributed by atoms with Gasteiger partial charge in [-0.05, 0) is 51.1 Å². The topological polar surface area (TPSA) is 64.4 Å². The monoisotopic (exact) mass is 314 g/mol. The molecule has 0 spiro atoms. The molecule has 0 N–H and O–H groups in total. The van der Waals surface area contributed by atoms with E-state index in [2.05, 4.69) is 18.7 Å². The second-order valence-electron chi connectivity index (χ2n) is 5.12. The van der Waals surface area contributed by atoms with E-state index in [9.17, 15) is 4.55 Å². The van der Waals surface area contributed by atoms with Gasteiger partial charge in [0.1, 0.15) is 11.0 Å². The molecule has 1 saturated heterocycles. The third-order valence-electron chi connectivity index (χ3n) is 3.51. The van der Waals surface area contributed by atoms with Crippen LogP contribution >= 0.6 is 11.5 Å². The molecule has 1 fully saturated rings. The van der Waals surface area contributed by atoms with Crippen LogP contribution in [-0.2, 0) is 11.4 Å². The van der Waals surface area contributed by atoms with Gasteiger partial charge in [0, 0.05) is 13.1 Å². The van der Waals surface area contributed by atoms with E-state index < -0.39 is 11.4 Å². The number of hydrogen-bond acceptors (Lipinski definition) is 6. The molecule has 1 aliphatic rings. The smallest absolute Gasteiger partial charge is 0.237 e. The van der Waals surface area contributed by atoms with Crippen molar-refractivity contribution in [3.8, 4) is 0 Å². The van der Waals surface area contributed by atoms with Crippen molar-refractivity contribution in [1.29, 1.82) is 0 Å². The first-order valence-electron chi connectivity index (χ1n) is 7.16. The average Bonchev–Trinajstić information content (AvgIpc) is 2.97. The quantitative estimate of drug-likeness (QED) is 0.619. The lowest BCUT2D eigenvalue weighted by Crippen LogP contribution is -2.30. The predicted molar refractivity (Wildman–Crippen MR) is 86.1 cm³/mol. The van der Waals surface area contributed by atoms with Crippen LogP contribution in [0.25, 0.3) is 0 Å². The predicted octanol–water partition coefficient (Wildman–Crippen LogP) is 2.80. The van der Waals surface area contributed by atoms with E-state index in [1.54, 1.807) is 0 Å². The number of hydrogen-bond donors (Lipinski definition) is 0. The highest BCUT2D eigenvalue weighted by atomic mass is 32.2. The number of aromatic nitrogens is 2. The fourth-order valence-corrected chi connectivity index (χ4v) is 3.50. The van der Waals surface area contributed by atoms with Crippen molar-refractivity contribution in [2.75, 3.05) is 18.0 Å². The lowest BCUT2D eigenvalue weighted by Gasteiger charge is -2.24. The normalized spacial score (nSPS) is 20.0. The summed E-state index contributed by atoms with van der Waals surface area (Å²) in [6, 6.07) is 0. The summed E-state index contributed by atoms with van der Waals surface area (Å²) in [6.45, 7) is 7.90. The molecule has 1 aromatic rings. The van der Waals surface area contributed by atoms with Crippen molar-refractivity contribution in [3.63, 3.8) is 0 Å². The van der Waals surface area contributed by atoms with E-state index in [1.165, 1.54) is 30.8 Å². The minimum absolute atomic E-state index is 0.0828. The van der Waals surface area contributed by atoms with Crippen molar-refractivity contribution in [2.45, 2.75) is 51.7 Å². The molecular formula is C13H22N4OS2. The first-order valence-corrected chi connectivity index (χ1v) is 9.11. The molecule has 2 rings (SSSR count). The summed E-state index contributed by atoms with van der Waals surface area (Å²) in [4.78, 5) is 6.76. The standard InChI is InChI=1S/C13H22N4OS2/c1-4-10(2)20(18)16-11(3)12-14-13(15-19-12)17-8-6-5-7-9-17/h10H,4-9H2,1-3H3/b16-11+. The molecule has 2 atom stereocenters. The summed E-state index contributed by atoms with van der Waals surface area (Å²) in [5, 5.41) is 0.863. The van der Waals surface area contributed by atoms with Gasteiger partial charge in [0.2, 0.25) is 5.95 Å². The fourth-order valence-electron chi connectivity index (χ4n) is 1.99. The summed E-state index contributed by atoms with van der Waals surface area (Å²) < 4.78 is 20.6. The van der Waals surface area contributed by atoms with Gasteiger partial charge in [0.15, 0.2) is 5.01 Å². The molecule has 0 aromatic carbocycles. The molecule has 1 aromatic heterocycles. The summed E-state index contributed by atoms with van der Waals surface area (Å²) in [7, 11) is 0. The molecule has 0 radical (unpaired) electrons. The Kier molecular flexibility index (Phi) is 5.80. The molecule has 0 amide bonds. The maximum atomic E-state index is 11.9. The Hall–Kier alpha value is -0.660. The van der Waals surface area contributed by atoms with Gasteiger partial charge in [0.05, 0.1) is 11.4 Å². The second kappa shape index (κ2) is 7.38. The zero-order valence-electron chi connectivity index (χ0n) is 12.3. The van der Waals surface area contributed by atoms with Gasteiger partial charge in [-0.15, -0.1) is 0 Å². The Balaban J connectivity index is 2.05. The average molecular weight is 314 g/mol. The third-order valence-corrected chi connectivity index (χ3v) is 5.80. The minimum Gasteiger partial charge on any atom is -0.591 e. The van der Waals surface area contributed by atoms with E-state index in [4.69, 9.17) is 0 Å². The number of nitrogens with zero attached hydrogens (tertiary/aromatic N) is 4. The Morgan fingerprint density at radius 3 is 2.80 bits per heavy atom. The van der Waals surface area contributed by atoms with Crippen molar-refractivity contribution in [1.82, 2.24) is 9.36 Å². The SMILES string of the molecule is CCC(C)[S+]([O-])/N=C(\C)c1nc(N2CCCCC2)ns1. The van der Waals surface area contributed by atoms with Gasteiger partial charge in [-0.3, -0.25) is 0 Å². The Morgan fingerprint density at radius 2 is 2.15 bits per heavy atom. The van der Waals surface area contributed by atoms with Crippen molar-refractivity contribution < 1.29 is 4.55 Å². The summed E-state index contributed by atoms with van der Waals surface area (Å²) >= 11 is 0.167. The number of piperidine rings is 1. The van der Waals surface area contributed by atoms with E-state index in [0.29, 0.717) is 0 Å². The van der Waals surface area contributed by atoms with Gasteiger partial charge >= 0.3 is 0 Å². The van der Waals surface area contributed by atoms with Gasteiger partial charge < -0.3 is 9.45 Å². The zero-order chi connectivity index (χ0) is 14.5. The molecule has 0 saturated carbocycles. The highest BCUT2D eigenvalue weighted by Gasteiger charge is 2.19.